The first kappa shape index (κ1) is 14.9. The van der Waals surface area contributed by atoms with Gasteiger partial charge in [-0.05, 0) is 25.4 Å². The number of hydrogen-bond acceptors (Lipinski definition) is 7. The number of nitro groups is 1. The Morgan fingerprint density at radius 3 is 2.65 bits per heavy atom. The van der Waals surface area contributed by atoms with Crippen molar-refractivity contribution in [3.05, 3.63) is 21.1 Å². The van der Waals surface area contributed by atoms with Crippen LogP contribution in [0.25, 0.3) is 0 Å². The largest absolute Gasteiger partial charge is 0.346 e. The lowest BCUT2D eigenvalue weighted by Crippen LogP contribution is -2.47. The molecule has 20 heavy (non-hydrogen) atoms. The zero-order valence-electron chi connectivity index (χ0n) is 10.9. The van der Waals surface area contributed by atoms with Gasteiger partial charge < -0.3 is 4.90 Å². The molecule has 1 aromatic heterocycles. The summed E-state index contributed by atoms with van der Waals surface area (Å²) in [4.78, 5) is 19.9. The van der Waals surface area contributed by atoms with Crippen molar-refractivity contribution in [1.29, 1.82) is 0 Å². The SMILES string of the molecule is Cc1nc(Cl)nc(N2CCS(=O)(=O)CC2C)c1[N+](=O)[O-]. The topological polar surface area (TPSA) is 106 Å². The molecule has 1 aliphatic heterocycles. The van der Waals surface area contributed by atoms with E-state index >= 15 is 0 Å². The Kier molecular flexibility index (Phi) is 3.83. The Labute approximate surface area is 120 Å². The molecule has 10 heteroatoms. The quantitative estimate of drug-likeness (QED) is 0.454. The Morgan fingerprint density at radius 1 is 1.45 bits per heavy atom. The highest BCUT2D eigenvalue weighted by atomic mass is 35.5. The van der Waals surface area contributed by atoms with Gasteiger partial charge in [0.15, 0.2) is 9.84 Å². The second-order valence-corrected chi connectivity index (χ2v) is 7.23. The fraction of sp³-hybridized carbons (Fsp3) is 0.600. The number of halogens is 1. The van der Waals surface area contributed by atoms with Crippen LogP contribution < -0.4 is 4.90 Å². The zero-order valence-corrected chi connectivity index (χ0v) is 12.5. The second-order valence-electron chi connectivity index (χ2n) is 4.66. The molecule has 0 amide bonds. The van der Waals surface area contributed by atoms with Crippen LogP contribution in [0.15, 0.2) is 0 Å². The van der Waals surface area contributed by atoms with Gasteiger partial charge in [0, 0.05) is 12.6 Å². The maximum absolute atomic E-state index is 11.6. The van der Waals surface area contributed by atoms with Gasteiger partial charge in [-0.3, -0.25) is 10.1 Å². The van der Waals surface area contributed by atoms with Gasteiger partial charge in [-0.25, -0.2) is 13.4 Å². The Bertz CT molecular complexity index is 663. The number of rotatable bonds is 2. The minimum Gasteiger partial charge on any atom is -0.346 e. The Morgan fingerprint density at radius 2 is 2.10 bits per heavy atom. The van der Waals surface area contributed by atoms with E-state index in [9.17, 15) is 18.5 Å². The molecule has 8 nitrogen and oxygen atoms in total. The molecule has 1 fully saturated rings. The van der Waals surface area contributed by atoms with E-state index < -0.39 is 20.8 Å². The number of aromatic nitrogens is 2. The summed E-state index contributed by atoms with van der Waals surface area (Å²) < 4.78 is 23.1. The zero-order chi connectivity index (χ0) is 15.1. The Hall–Kier alpha value is -1.48. The van der Waals surface area contributed by atoms with Crippen LogP contribution in [0, 0.1) is 17.0 Å². The van der Waals surface area contributed by atoms with E-state index in [1.54, 1.807) is 11.8 Å². The maximum Gasteiger partial charge on any atom is 0.332 e. The predicted molar refractivity (Wildman–Crippen MR) is 73.9 cm³/mol. The highest BCUT2D eigenvalue weighted by molar-refractivity contribution is 7.91. The van der Waals surface area contributed by atoms with Crippen LogP contribution in [0.5, 0.6) is 0 Å². The van der Waals surface area contributed by atoms with Crippen molar-refractivity contribution in [1.82, 2.24) is 9.97 Å². The molecular weight excluding hydrogens is 308 g/mol. The van der Waals surface area contributed by atoms with E-state index in [0.29, 0.717) is 0 Å². The van der Waals surface area contributed by atoms with Gasteiger partial charge >= 0.3 is 5.69 Å². The predicted octanol–water partition coefficient (Wildman–Crippen LogP) is 0.970. The molecule has 2 rings (SSSR count). The lowest BCUT2D eigenvalue weighted by molar-refractivity contribution is -0.385. The number of sulfone groups is 1. The molecule has 0 radical (unpaired) electrons. The van der Waals surface area contributed by atoms with Gasteiger partial charge in [0.1, 0.15) is 5.69 Å². The summed E-state index contributed by atoms with van der Waals surface area (Å²) >= 11 is 5.76. The van der Waals surface area contributed by atoms with Gasteiger partial charge in [0.2, 0.25) is 11.1 Å². The number of nitrogens with zero attached hydrogens (tertiary/aromatic N) is 4. The van der Waals surface area contributed by atoms with Gasteiger partial charge in [-0.2, -0.15) is 4.98 Å². The molecule has 2 heterocycles. The molecule has 1 unspecified atom stereocenters. The van der Waals surface area contributed by atoms with E-state index in [-0.39, 0.29) is 40.5 Å². The van der Waals surface area contributed by atoms with E-state index in [2.05, 4.69) is 9.97 Å². The summed E-state index contributed by atoms with van der Waals surface area (Å²) in [6, 6.07) is -0.405. The second kappa shape index (κ2) is 5.13. The van der Waals surface area contributed by atoms with E-state index in [0.717, 1.165) is 0 Å². The number of anilines is 1. The van der Waals surface area contributed by atoms with Crippen molar-refractivity contribution in [3.8, 4) is 0 Å². The molecule has 0 bridgehead atoms. The average Bonchev–Trinajstić information content (AvgIpc) is 2.25. The highest BCUT2D eigenvalue weighted by Gasteiger charge is 2.34. The molecule has 1 aliphatic rings. The van der Waals surface area contributed by atoms with Crippen LogP contribution in [-0.2, 0) is 9.84 Å². The van der Waals surface area contributed by atoms with Crippen LogP contribution in [0.2, 0.25) is 5.28 Å². The van der Waals surface area contributed by atoms with Crippen LogP contribution in [0.3, 0.4) is 0 Å². The third kappa shape index (κ3) is 2.83. The molecule has 1 aromatic rings. The lowest BCUT2D eigenvalue weighted by Gasteiger charge is -2.33. The van der Waals surface area contributed by atoms with Crippen LogP contribution in [0.4, 0.5) is 11.5 Å². The summed E-state index contributed by atoms with van der Waals surface area (Å²) in [5, 5.41) is 11.1. The third-order valence-electron chi connectivity index (χ3n) is 3.14. The lowest BCUT2D eigenvalue weighted by atomic mass is 10.2. The molecule has 0 saturated carbocycles. The first-order chi connectivity index (χ1) is 9.21. The van der Waals surface area contributed by atoms with Crippen LogP contribution in [0.1, 0.15) is 12.6 Å². The van der Waals surface area contributed by atoms with Gasteiger partial charge in [-0.1, -0.05) is 0 Å². The fourth-order valence-electron chi connectivity index (χ4n) is 2.25. The third-order valence-corrected chi connectivity index (χ3v) is 5.10. The van der Waals surface area contributed by atoms with Gasteiger partial charge in [0.25, 0.3) is 0 Å². The van der Waals surface area contributed by atoms with Gasteiger partial charge in [0.05, 0.1) is 16.4 Å². The first-order valence-corrected chi connectivity index (χ1v) is 8.07. The van der Waals surface area contributed by atoms with Crippen LogP contribution in [-0.4, -0.2) is 47.4 Å². The first-order valence-electron chi connectivity index (χ1n) is 5.87. The van der Waals surface area contributed by atoms with Crippen LogP contribution >= 0.6 is 11.6 Å². The summed E-state index contributed by atoms with van der Waals surface area (Å²) in [5.41, 5.74) is -0.0776. The Balaban J connectivity index is 2.50. The minimum atomic E-state index is -3.11. The van der Waals surface area contributed by atoms with E-state index in [4.69, 9.17) is 11.6 Å². The van der Waals surface area contributed by atoms with Crippen molar-refractivity contribution >= 4 is 32.9 Å². The summed E-state index contributed by atoms with van der Waals surface area (Å²) in [6.07, 6.45) is 0. The van der Waals surface area contributed by atoms with Crippen molar-refractivity contribution in [2.45, 2.75) is 19.9 Å². The van der Waals surface area contributed by atoms with Crippen molar-refractivity contribution in [2.24, 2.45) is 0 Å². The smallest absolute Gasteiger partial charge is 0.332 e. The summed E-state index contributed by atoms with van der Waals surface area (Å²) in [6.45, 7) is 3.31. The normalized spacial score (nSPS) is 21.8. The molecule has 1 atom stereocenters. The van der Waals surface area contributed by atoms with Gasteiger partial charge in [-0.15, -0.1) is 0 Å². The summed E-state index contributed by atoms with van der Waals surface area (Å²) in [5.74, 6) is -0.0464. The van der Waals surface area contributed by atoms with E-state index in [1.165, 1.54) is 6.92 Å². The number of aryl methyl sites for hydroxylation is 1. The van der Waals surface area contributed by atoms with E-state index in [1.807, 2.05) is 0 Å². The molecule has 0 aliphatic carbocycles. The average molecular weight is 321 g/mol. The van der Waals surface area contributed by atoms with Crippen molar-refractivity contribution in [3.63, 3.8) is 0 Å². The maximum atomic E-state index is 11.6. The molecule has 0 aromatic carbocycles. The highest BCUT2D eigenvalue weighted by Crippen LogP contribution is 2.32. The molecule has 1 saturated heterocycles. The monoisotopic (exact) mass is 320 g/mol. The minimum absolute atomic E-state index is 0.0604. The molecular formula is C10H13ClN4O4S. The number of hydrogen-bond donors (Lipinski definition) is 0. The standard InChI is InChI=1S/C10H13ClN4O4S/c1-6-5-20(18,19)4-3-14(6)9-8(15(16)17)7(2)12-10(11)13-9/h6H,3-5H2,1-2H3. The molecule has 0 spiro atoms. The molecule has 0 N–H and O–H groups in total. The van der Waals surface area contributed by atoms with Crippen molar-refractivity contribution in [2.75, 3.05) is 23.0 Å². The fourth-order valence-corrected chi connectivity index (χ4v) is 4.01. The van der Waals surface area contributed by atoms with Crippen molar-refractivity contribution < 1.29 is 13.3 Å². The molecule has 110 valence electrons. The summed E-state index contributed by atoms with van der Waals surface area (Å²) in [7, 11) is -3.11.